The van der Waals surface area contributed by atoms with Crippen LogP contribution in [0.15, 0.2) is 48.5 Å². The van der Waals surface area contributed by atoms with Crippen LogP contribution in [0.3, 0.4) is 0 Å². The smallest absolute Gasteiger partial charge is 0.319 e. The molecule has 6 heteroatoms. The number of carbonyl (C=O) groups excluding carboxylic acids is 2. The first-order valence-corrected chi connectivity index (χ1v) is 8.85. The van der Waals surface area contributed by atoms with Crippen molar-refractivity contribution in [3.63, 3.8) is 0 Å². The van der Waals surface area contributed by atoms with Crippen molar-refractivity contribution in [2.45, 2.75) is 25.8 Å². The molecule has 0 heterocycles. The summed E-state index contributed by atoms with van der Waals surface area (Å²) in [6.45, 7) is 1.98. The number of aryl methyl sites for hydroxylation is 1. The van der Waals surface area contributed by atoms with Gasteiger partial charge in [0.15, 0.2) is 0 Å². The lowest BCUT2D eigenvalue weighted by Crippen LogP contribution is -2.30. The maximum absolute atomic E-state index is 12.1. The third-order valence-electron chi connectivity index (χ3n) is 4.12. The van der Waals surface area contributed by atoms with E-state index in [4.69, 9.17) is 4.74 Å². The van der Waals surface area contributed by atoms with Crippen LogP contribution in [0.5, 0.6) is 5.75 Å². The van der Waals surface area contributed by atoms with Crippen LogP contribution in [0.4, 0.5) is 16.2 Å². The number of hydrogen-bond acceptors (Lipinski definition) is 3. The van der Waals surface area contributed by atoms with Crippen molar-refractivity contribution in [2.75, 3.05) is 17.7 Å². The minimum Gasteiger partial charge on any atom is -0.496 e. The van der Waals surface area contributed by atoms with Crippen LogP contribution in [0.2, 0.25) is 0 Å². The van der Waals surface area contributed by atoms with E-state index in [1.807, 2.05) is 25.1 Å². The Labute approximate surface area is 158 Å². The Bertz CT molecular complexity index is 855. The third kappa shape index (κ3) is 5.60. The zero-order valence-corrected chi connectivity index (χ0v) is 15.4. The Morgan fingerprint density at radius 3 is 2.33 bits per heavy atom. The molecule has 2 aromatic rings. The molecule has 0 aliphatic heterocycles. The lowest BCUT2D eigenvalue weighted by Gasteiger charge is -2.08. The van der Waals surface area contributed by atoms with Crippen molar-refractivity contribution in [3.05, 3.63) is 59.7 Å². The van der Waals surface area contributed by atoms with E-state index in [1.165, 1.54) is 6.08 Å². The molecule has 3 N–H and O–H groups in total. The van der Waals surface area contributed by atoms with Crippen LogP contribution in [-0.4, -0.2) is 25.1 Å². The van der Waals surface area contributed by atoms with Gasteiger partial charge in [0.05, 0.1) is 7.11 Å². The van der Waals surface area contributed by atoms with E-state index in [2.05, 4.69) is 16.0 Å². The second-order valence-electron chi connectivity index (χ2n) is 6.52. The highest BCUT2D eigenvalue weighted by Gasteiger charge is 2.23. The summed E-state index contributed by atoms with van der Waals surface area (Å²) in [5, 5.41) is 8.42. The molecule has 0 atom stereocenters. The number of rotatable bonds is 6. The van der Waals surface area contributed by atoms with Gasteiger partial charge in [-0.25, -0.2) is 4.79 Å². The first-order chi connectivity index (χ1) is 13.0. The number of nitrogens with one attached hydrogen (secondary N) is 3. The predicted molar refractivity (Wildman–Crippen MR) is 107 cm³/mol. The van der Waals surface area contributed by atoms with E-state index in [0.29, 0.717) is 23.2 Å². The lowest BCUT2D eigenvalue weighted by molar-refractivity contribution is -0.111. The molecule has 3 rings (SSSR count). The van der Waals surface area contributed by atoms with Crippen molar-refractivity contribution in [2.24, 2.45) is 0 Å². The minimum atomic E-state index is -0.245. The molecule has 1 aliphatic rings. The van der Waals surface area contributed by atoms with Crippen molar-refractivity contribution >= 4 is 29.4 Å². The van der Waals surface area contributed by atoms with E-state index < -0.39 is 0 Å². The largest absolute Gasteiger partial charge is 0.496 e. The molecular formula is C21H23N3O3. The highest BCUT2D eigenvalue weighted by atomic mass is 16.5. The maximum atomic E-state index is 12.1. The molecule has 3 amide bonds. The molecule has 0 radical (unpaired) electrons. The van der Waals surface area contributed by atoms with Crippen molar-refractivity contribution in [1.82, 2.24) is 5.32 Å². The summed E-state index contributed by atoms with van der Waals surface area (Å²) in [5.74, 6) is 0.468. The summed E-state index contributed by atoms with van der Waals surface area (Å²) >= 11 is 0. The first-order valence-electron chi connectivity index (χ1n) is 8.85. The lowest BCUT2D eigenvalue weighted by atomic mass is 10.1. The van der Waals surface area contributed by atoms with E-state index in [-0.39, 0.29) is 11.9 Å². The van der Waals surface area contributed by atoms with E-state index in [9.17, 15) is 9.59 Å². The maximum Gasteiger partial charge on any atom is 0.319 e. The number of benzene rings is 2. The molecule has 1 fully saturated rings. The third-order valence-corrected chi connectivity index (χ3v) is 4.12. The number of hydrogen-bond donors (Lipinski definition) is 3. The number of carbonyl (C=O) groups is 2. The normalized spacial score (nSPS) is 13.3. The van der Waals surface area contributed by atoms with Crippen LogP contribution < -0.4 is 20.7 Å². The highest BCUT2D eigenvalue weighted by Crippen LogP contribution is 2.21. The highest BCUT2D eigenvalue weighted by molar-refractivity contribution is 6.02. The first kappa shape index (κ1) is 18.5. The summed E-state index contributed by atoms with van der Waals surface area (Å²) in [7, 11) is 1.60. The number of ether oxygens (including phenoxy) is 1. The van der Waals surface area contributed by atoms with E-state index in [0.717, 1.165) is 24.0 Å². The average molecular weight is 365 g/mol. The van der Waals surface area contributed by atoms with Gasteiger partial charge in [-0.15, -0.1) is 0 Å². The van der Waals surface area contributed by atoms with Gasteiger partial charge in [-0.3, -0.25) is 4.79 Å². The molecule has 1 saturated carbocycles. The van der Waals surface area contributed by atoms with E-state index >= 15 is 0 Å². The molecule has 0 unspecified atom stereocenters. The summed E-state index contributed by atoms with van der Waals surface area (Å²) in [4.78, 5) is 23.9. The molecule has 2 aromatic carbocycles. The van der Waals surface area contributed by atoms with Crippen molar-refractivity contribution in [3.8, 4) is 5.75 Å². The number of amides is 3. The van der Waals surface area contributed by atoms with Gasteiger partial charge in [-0.05, 0) is 62.2 Å². The number of urea groups is 1. The second kappa shape index (κ2) is 8.40. The van der Waals surface area contributed by atoms with Gasteiger partial charge in [0.1, 0.15) is 5.75 Å². The zero-order chi connectivity index (χ0) is 19.2. The SMILES string of the molecule is COc1ccc(C)cc1/C=C/C(=O)Nc1ccc(NC(=O)NC2CC2)cc1. The molecule has 140 valence electrons. The fourth-order valence-electron chi connectivity index (χ4n) is 2.55. The van der Waals surface area contributed by atoms with Crippen LogP contribution in [0.25, 0.3) is 6.08 Å². The summed E-state index contributed by atoms with van der Waals surface area (Å²) in [6, 6.07) is 12.9. The molecule has 6 nitrogen and oxygen atoms in total. The van der Waals surface area contributed by atoms with Gasteiger partial charge in [-0.1, -0.05) is 11.6 Å². The van der Waals surface area contributed by atoms with Gasteiger partial charge < -0.3 is 20.7 Å². The minimum absolute atomic E-state index is 0.204. The Balaban J connectivity index is 1.56. The quantitative estimate of drug-likeness (QED) is 0.679. The topological polar surface area (TPSA) is 79.5 Å². The van der Waals surface area contributed by atoms with Gasteiger partial charge >= 0.3 is 6.03 Å². The number of anilines is 2. The van der Waals surface area contributed by atoms with Crippen molar-refractivity contribution < 1.29 is 14.3 Å². The number of methoxy groups -OCH3 is 1. The predicted octanol–water partition coefficient (Wildman–Crippen LogP) is 3.94. The van der Waals surface area contributed by atoms with Crippen LogP contribution in [0, 0.1) is 6.92 Å². The molecule has 0 spiro atoms. The Morgan fingerprint density at radius 2 is 1.70 bits per heavy atom. The zero-order valence-electron chi connectivity index (χ0n) is 15.4. The van der Waals surface area contributed by atoms with Crippen LogP contribution >= 0.6 is 0 Å². The average Bonchev–Trinajstić information content (AvgIpc) is 3.45. The van der Waals surface area contributed by atoms with Gasteiger partial charge in [0.25, 0.3) is 0 Å². The second-order valence-corrected chi connectivity index (χ2v) is 6.52. The summed E-state index contributed by atoms with van der Waals surface area (Å²) in [5.41, 5.74) is 3.25. The van der Waals surface area contributed by atoms with E-state index in [1.54, 1.807) is 37.5 Å². The van der Waals surface area contributed by atoms with Gasteiger partial charge in [0, 0.05) is 29.1 Å². The molecular weight excluding hydrogens is 342 g/mol. The Hall–Kier alpha value is -3.28. The summed E-state index contributed by atoms with van der Waals surface area (Å²) in [6.07, 6.45) is 5.27. The molecule has 1 aliphatic carbocycles. The molecule has 0 aromatic heterocycles. The van der Waals surface area contributed by atoms with Gasteiger partial charge in [-0.2, -0.15) is 0 Å². The monoisotopic (exact) mass is 365 g/mol. The fourth-order valence-corrected chi connectivity index (χ4v) is 2.55. The van der Waals surface area contributed by atoms with Crippen LogP contribution in [0.1, 0.15) is 24.0 Å². The molecule has 0 saturated heterocycles. The van der Waals surface area contributed by atoms with Crippen LogP contribution in [-0.2, 0) is 4.79 Å². The summed E-state index contributed by atoms with van der Waals surface area (Å²) < 4.78 is 5.30. The van der Waals surface area contributed by atoms with Crippen molar-refractivity contribution in [1.29, 1.82) is 0 Å². The standard InChI is InChI=1S/C21H23N3O3/c1-14-3-11-19(27-2)15(13-14)4-12-20(25)22-16-5-7-17(8-6-16)23-21(26)24-18-9-10-18/h3-8,11-13,18H,9-10H2,1-2H3,(H,22,25)(H2,23,24,26)/b12-4+. The molecule has 0 bridgehead atoms. The van der Waals surface area contributed by atoms with Gasteiger partial charge in [0.2, 0.25) is 5.91 Å². The Morgan fingerprint density at radius 1 is 1.04 bits per heavy atom. The molecule has 27 heavy (non-hydrogen) atoms. The fraction of sp³-hybridized carbons (Fsp3) is 0.238. The Kier molecular flexibility index (Phi) is 5.76.